The zero-order chi connectivity index (χ0) is 25.3. The van der Waals surface area contributed by atoms with Gasteiger partial charge in [-0.2, -0.15) is 0 Å². The van der Waals surface area contributed by atoms with Gasteiger partial charge in [-0.05, 0) is 6.08 Å². The van der Waals surface area contributed by atoms with E-state index in [0.717, 1.165) is 0 Å². The quantitative estimate of drug-likeness (QED) is 0.201. The minimum atomic E-state index is -1.06. The van der Waals surface area contributed by atoms with E-state index >= 15 is 0 Å². The van der Waals surface area contributed by atoms with Gasteiger partial charge in [0.15, 0.2) is 17.3 Å². The highest BCUT2D eigenvalue weighted by Gasteiger charge is 2.35. The summed E-state index contributed by atoms with van der Waals surface area (Å²) in [5.41, 5.74) is 1.79. The van der Waals surface area contributed by atoms with Gasteiger partial charge in [0.1, 0.15) is 5.76 Å². The van der Waals surface area contributed by atoms with Crippen molar-refractivity contribution in [1.82, 2.24) is 0 Å². The lowest BCUT2D eigenvalue weighted by molar-refractivity contribution is 0.0760. The predicted octanol–water partition coefficient (Wildman–Crippen LogP) is 6.86. The number of Topliss-reactive ketones (excluding diaryl/α,β-unsaturated/α-hetero) is 3. The van der Waals surface area contributed by atoms with E-state index in [-0.39, 0.29) is 29.5 Å². The molecule has 0 aliphatic carbocycles. The van der Waals surface area contributed by atoms with Gasteiger partial charge in [0.05, 0.1) is 5.92 Å². The van der Waals surface area contributed by atoms with Crippen LogP contribution in [0.1, 0.15) is 43.1 Å². The minimum Gasteiger partial charge on any atom is -0.508 e. The molecule has 0 spiro atoms. The first-order valence-corrected chi connectivity index (χ1v) is 11.8. The second-order valence-electron chi connectivity index (χ2n) is 8.50. The van der Waals surface area contributed by atoms with Crippen molar-refractivity contribution in [1.29, 1.82) is 0 Å². The number of carbonyl (C=O) groups excluding carboxylic acids is 3. The molecule has 0 heterocycles. The number of carbonyl (C=O) groups is 3. The summed E-state index contributed by atoms with van der Waals surface area (Å²) in [7, 11) is 0. The molecule has 0 aliphatic heterocycles. The fourth-order valence-corrected chi connectivity index (χ4v) is 4.19. The fraction of sp³-hybridized carbons (Fsp3) is 0.0938. The number of aliphatic hydroxyl groups is 1. The molecule has 4 aromatic rings. The average Bonchev–Trinajstić information content (AvgIpc) is 2.95. The van der Waals surface area contributed by atoms with Gasteiger partial charge in [-0.3, -0.25) is 14.4 Å². The molecule has 36 heavy (non-hydrogen) atoms. The normalized spacial score (nSPS) is 12.9. The standard InChI is InChI=1S/C32H26O4/c33-29(23-13-5-1-6-14-23)21-27(31(35)25-17-9-3-10-18-25)28(32(36)26-19-11-4-12-20-26)22-30(34)24-15-7-2-8-16-24/h1-21,27-28,33H,22H2/b29-21-. The van der Waals surface area contributed by atoms with Crippen molar-refractivity contribution in [3.8, 4) is 0 Å². The van der Waals surface area contributed by atoms with Crippen LogP contribution in [0.5, 0.6) is 0 Å². The minimum absolute atomic E-state index is 0.122. The number of hydrogen-bond acceptors (Lipinski definition) is 4. The van der Waals surface area contributed by atoms with Crippen LogP contribution in [-0.2, 0) is 0 Å². The lowest BCUT2D eigenvalue weighted by Crippen LogP contribution is -2.31. The average molecular weight is 475 g/mol. The second-order valence-corrected chi connectivity index (χ2v) is 8.50. The van der Waals surface area contributed by atoms with Crippen molar-refractivity contribution in [2.45, 2.75) is 6.42 Å². The first-order chi connectivity index (χ1) is 17.5. The fourth-order valence-electron chi connectivity index (χ4n) is 4.19. The summed E-state index contributed by atoms with van der Waals surface area (Å²) in [6.45, 7) is 0. The molecule has 0 saturated carbocycles. The molecule has 0 aliphatic rings. The van der Waals surface area contributed by atoms with Crippen LogP contribution < -0.4 is 0 Å². The molecule has 4 heteroatoms. The van der Waals surface area contributed by atoms with Crippen LogP contribution in [-0.4, -0.2) is 22.5 Å². The molecule has 0 fully saturated rings. The van der Waals surface area contributed by atoms with Crippen molar-refractivity contribution >= 4 is 23.1 Å². The third kappa shape index (κ3) is 5.91. The first-order valence-electron chi connectivity index (χ1n) is 11.8. The zero-order valence-corrected chi connectivity index (χ0v) is 19.7. The van der Waals surface area contributed by atoms with Crippen LogP contribution in [0.25, 0.3) is 5.76 Å². The largest absolute Gasteiger partial charge is 0.508 e. The number of ketones is 3. The Balaban J connectivity index is 1.81. The summed E-state index contributed by atoms with van der Waals surface area (Å²) in [6.07, 6.45) is 1.23. The second kappa shape index (κ2) is 11.7. The first kappa shape index (κ1) is 24.6. The number of benzene rings is 4. The predicted molar refractivity (Wildman–Crippen MR) is 141 cm³/mol. The highest BCUT2D eigenvalue weighted by Crippen LogP contribution is 2.30. The van der Waals surface area contributed by atoms with E-state index in [1.54, 1.807) is 109 Å². The maximum atomic E-state index is 13.8. The van der Waals surface area contributed by atoms with Crippen LogP contribution in [0.3, 0.4) is 0 Å². The number of aliphatic hydroxyl groups excluding tert-OH is 1. The molecule has 1 N–H and O–H groups in total. The van der Waals surface area contributed by atoms with Gasteiger partial charge in [0.2, 0.25) is 0 Å². The number of rotatable bonds is 10. The number of hydrogen-bond donors (Lipinski definition) is 1. The summed E-state index contributed by atoms with van der Waals surface area (Å²) >= 11 is 0. The van der Waals surface area contributed by atoms with Gasteiger partial charge < -0.3 is 5.11 Å². The molecule has 0 radical (unpaired) electrons. The van der Waals surface area contributed by atoms with Gasteiger partial charge in [0, 0.05) is 34.6 Å². The summed E-state index contributed by atoms with van der Waals surface area (Å²) in [5.74, 6) is -3.11. The van der Waals surface area contributed by atoms with E-state index in [1.807, 2.05) is 12.1 Å². The zero-order valence-electron chi connectivity index (χ0n) is 19.7. The van der Waals surface area contributed by atoms with Gasteiger partial charge in [-0.25, -0.2) is 0 Å². The maximum absolute atomic E-state index is 13.8. The molecule has 4 aromatic carbocycles. The molecular formula is C32H26O4. The van der Waals surface area contributed by atoms with Crippen LogP contribution >= 0.6 is 0 Å². The Kier molecular flexibility index (Phi) is 7.99. The van der Waals surface area contributed by atoms with E-state index in [9.17, 15) is 19.5 Å². The van der Waals surface area contributed by atoms with E-state index in [2.05, 4.69) is 0 Å². The van der Waals surface area contributed by atoms with Crippen molar-refractivity contribution in [3.05, 3.63) is 150 Å². The molecule has 4 nitrogen and oxygen atoms in total. The molecule has 0 amide bonds. The van der Waals surface area contributed by atoms with E-state index in [1.165, 1.54) is 6.08 Å². The lowest BCUT2D eigenvalue weighted by atomic mass is 9.77. The maximum Gasteiger partial charge on any atom is 0.170 e. The molecule has 0 bridgehead atoms. The van der Waals surface area contributed by atoms with Gasteiger partial charge >= 0.3 is 0 Å². The molecule has 2 atom stereocenters. The topological polar surface area (TPSA) is 71.4 Å². The summed E-state index contributed by atoms with van der Waals surface area (Å²) in [6, 6.07) is 34.8. The Bertz CT molecular complexity index is 1340. The van der Waals surface area contributed by atoms with Gasteiger partial charge in [-0.15, -0.1) is 0 Å². The lowest BCUT2D eigenvalue weighted by Gasteiger charge is -2.23. The molecule has 0 saturated heterocycles. The summed E-state index contributed by atoms with van der Waals surface area (Å²) in [5, 5.41) is 11.0. The molecule has 2 unspecified atom stereocenters. The Labute approximate surface area is 210 Å². The van der Waals surface area contributed by atoms with Crippen LogP contribution in [0.2, 0.25) is 0 Å². The van der Waals surface area contributed by atoms with E-state index < -0.39 is 11.8 Å². The summed E-state index contributed by atoms with van der Waals surface area (Å²) in [4.78, 5) is 40.8. The van der Waals surface area contributed by atoms with Crippen molar-refractivity contribution in [2.24, 2.45) is 11.8 Å². The third-order valence-electron chi connectivity index (χ3n) is 6.10. The highest BCUT2D eigenvalue weighted by atomic mass is 16.3. The van der Waals surface area contributed by atoms with Gasteiger partial charge in [0.25, 0.3) is 0 Å². The smallest absolute Gasteiger partial charge is 0.170 e. The Morgan fingerprint density at radius 2 is 0.944 bits per heavy atom. The molecule has 178 valence electrons. The van der Waals surface area contributed by atoms with Crippen molar-refractivity contribution in [3.63, 3.8) is 0 Å². The summed E-state index contributed by atoms with van der Waals surface area (Å²) < 4.78 is 0. The van der Waals surface area contributed by atoms with Gasteiger partial charge in [-0.1, -0.05) is 121 Å². The van der Waals surface area contributed by atoms with E-state index in [4.69, 9.17) is 0 Å². The van der Waals surface area contributed by atoms with Crippen molar-refractivity contribution in [2.75, 3.05) is 0 Å². The van der Waals surface area contributed by atoms with Crippen LogP contribution in [0.4, 0.5) is 0 Å². The molecular weight excluding hydrogens is 448 g/mol. The molecule has 4 rings (SSSR count). The Morgan fingerprint density at radius 3 is 1.42 bits per heavy atom. The van der Waals surface area contributed by atoms with Crippen LogP contribution in [0.15, 0.2) is 127 Å². The molecule has 0 aromatic heterocycles. The van der Waals surface area contributed by atoms with Crippen molar-refractivity contribution < 1.29 is 19.5 Å². The third-order valence-corrected chi connectivity index (χ3v) is 6.10. The highest BCUT2D eigenvalue weighted by molar-refractivity contribution is 6.08. The monoisotopic (exact) mass is 474 g/mol. The number of allylic oxidation sites excluding steroid dienone is 1. The Morgan fingerprint density at radius 1 is 0.556 bits per heavy atom. The van der Waals surface area contributed by atoms with E-state index in [0.29, 0.717) is 22.3 Å². The Hall–Kier alpha value is -4.57. The SMILES string of the molecule is O=C(CC(C(=O)c1ccccc1)C(/C=C(\O)c1ccccc1)C(=O)c1ccccc1)c1ccccc1. The van der Waals surface area contributed by atoms with Crippen LogP contribution in [0, 0.1) is 11.8 Å².